The molecule has 6 nitrogen and oxygen atoms in total. The molecule has 0 unspecified atom stereocenters. The first kappa shape index (κ1) is 17.5. The molecular weight excluding hydrogens is 347 g/mol. The number of halogens is 1. The van der Waals surface area contributed by atoms with E-state index >= 15 is 0 Å². The SMILES string of the molecule is CC(=O)N1C[C@H]2CN(C(=O)c3cccc(N)n3)C[C@H]2[C@@H]1c1cccc(F)c1. The van der Waals surface area contributed by atoms with Crippen molar-refractivity contribution in [2.45, 2.75) is 13.0 Å². The average Bonchev–Trinajstić information content (AvgIpc) is 3.18. The summed E-state index contributed by atoms with van der Waals surface area (Å²) in [6.07, 6.45) is 0. The highest BCUT2D eigenvalue weighted by molar-refractivity contribution is 5.93. The van der Waals surface area contributed by atoms with Crippen molar-refractivity contribution in [3.63, 3.8) is 0 Å². The van der Waals surface area contributed by atoms with Crippen LogP contribution in [0.15, 0.2) is 42.5 Å². The molecule has 2 amide bonds. The molecule has 1 aromatic carbocycles. The number of pyridine rings is 1. The summed E-state index contributed by atoms with van der Waals surface area (Å²) >= 11 is 0. The van der Waals surface area contributed by atoms with Gasteiger partial charge in [-0.15, -0.1) is 0 Å². The molecule has 4 rings (SSSR count). The fourth-order valence-corrected chi connectivity index (χ4v) is 4.39. The maximum atomic E-state index is 13.8. The van der Waals surface area contributed by atoms with Crippen LogP contribution in [-0.4, -0.2) is 46.2 Å². The van der Waals surface area contributed by atoms with E-state index in [4.69, 9.17) is 5.73 Å². The van der Waals surface area contributed by atoms with Crippen molar-refractivity contribution in [2.75, 3.05) is 25.4 Å². The lowest BCUT2D eigenvalue weighted by Gasteiger charge is -2.29. The third-order valence-electron chi connectivity index (χ3n) is 5.54. The third kappa shape index (κ3) is 3.13. The van der Waals surface area contributed by atoms with Gasteiger partial charge in [0.15, 0.2) is 0 Å². The third-order valence-corrected chi connectivity index (χ3v) is 5.54. The zero-order chi connectivity index (χ0) is 19.1. The first-order chi connectivity index (χ1) is 12.9. The fourth-order valence-electron chi connectivity index (χ4n) is 4.39. The van der Waals surface area contributed by atoms with Crippen molar-refractivity contribution >= 4 is 17.6 Å². The Bertz CT molecular complexity index is 903. The highest BCUT2D eigenvalue weighted by Gasteiger charge is 2.49. The second kappa shape index (κ2) is 6.64. The van der Waals surface area contributed by atoms with Gasteiger partial charge in [0.05, 0.1) is 6.04 Å². The Labute approximate surface area is 156 Å². The van der Waals surface area contributed by atoms with Gasteiger partial charge in [-0.1, -0.05) is 18.2 Å². The number of carbonyl (C=O) groups is 2. The van der Waals surface area contributed by atoms with Crippen molar-refractivity contribution in [1.29, 1.82) is 0 Å². The number of anilines is 1. The van der Waals surface area contributed by atoms with Crippen LogP contribution in [0, 0.1) is 17.7 Å². The Balaban J connectivity index is 1.60. The number of benzene rings is 1. The molecule has 2 aliphatic heterocycles. The van der Waals surface area contributed by atoms with Crippen LogP contribution in [0.5, 0.6) is 0 Å². The molecule has 3 atom stereocenters. The smallest absolute Gasteiger partial charge is 0.272 e. The van der Waals surface area contributed by atoms with E-state index in [1.54, 1.807) is 34.1 Å². The first-order valence-electron chi connectivity index (χ1n) is 8.98. The number of amides is 2. The summed E-state index contributed by atoms with van der Waals surface area (Å²) in [6.45, 7) is 3.16. The van der Waals surface area contributed by atoms with E-state index in [0.717, 1.165) is 5.56 Å². The van der Waals surface area contributed by atoms with Gasteiger partial charge in [0, 0.05) is 38.4 Å². The average molecular weight is 368 g/mol. The molecule has 0 bridgehead atoms. The van der Waals surface area contributed by atoms with Crippen LogP contribution in [0.1, 0.15) is 29.0 Å². The molecule has 2 fully saturated rings. The number of rotatable bonds is 2. The standard InChI is InChI=1S/C20H21FN4O2/c1-12(26)25-10-14-9-24(20(27)17-6-3-7-18(22)23-17)11-16(14)19(25)13-4-2-5-15(21)8-13/h2-8,14,16,19H,9-11H2,1H3,(H2,22,23)/t14-,16-,19+/m1/s1. The summed E-state index contributed by atoms with van der Waals surface area (Å²) in [5.74, 6) is 0.0148. The van der Waals surface area contributed by atoms with Crippen LogP contribution in [0.2, 0.25) is 0 Å². The Morgan fingerprint density at radius 1 is 1.15 bits per heavy atom. The van der Waals surface area contributed by atoms with Gasteiger partial charge in [-0.2, -0.15) is 0 Å². The van der Waals surface area contributed by atoms with E-state index in [2.05, 4.69) is 4.98 Å². The molecular formula is C20H21FN4O2. The number of nitrogens with zero attached hydrogens (tertiary/aromatic N) is 3. The molecule has 2 aromatic rings. The van der Waals surface area contributed by atoms with Crippen LogP contribution in [0.25, 0.3) is 0 Å². The minimum Gasteiger partial charge on any atom is -0.384 e. The Hall–Kier alpha value is -2.96. The number of nitrogens with two attached hydrogens (primary N) is 1. The van der Waals surface area contributed by atoms with Gasteiger partial charge >= 0.3 is 0 Å². The second-order valence-electron chi connectivity index (χ2n) is 7.25. The van der Waals surface area contributed by atoms with Crippen LogP contribution in [-0.2, 0) is 4.79 Å². The molecule has 7 heteroatoms. The molecule has 2 aliphatic rings. The minimum absolute atomic E-state index is 0.0333. The summed E-state index contributed by atoms with van der Waals surface area (Å²) in [7, 11) is 0. The Morgan fingerprint density at radius 3 is 2.63 bits per heavy atom. The molecule has 2 N–H and O–H groups in total. The molecule has 3 heterocycles. The van der Waals surface area contributed by atoms with Gasteiger partial charge in [-0.3, -0.25) is 9.59 Å². The number of aromatic nitrogens is 1. The lowest BCUT2D eigenvalue weighted by molar-refractivity contribution is -0.130. The number of likely N-dealkylation sites (tertiary alicyclic amines) is 2. The van der Waals surface area contributed by atoms with E-state index in [9.17, 15) is 14.0 Å². The fraction of sp³-hybridized carbons (Fsp3) is 0.350. The molecule has 0 saturated carbocycles. The monoisotopic (exact) mass is 368 g/mol. The lowest BCUT2D eigenvalue weighted by atomic mass is 9.89. The van der Waals surface area contributed by atoms with E-state index in [1.807, 2.05) is 6.07 Å². The van der Waals surface area contributed by atoms with Gasteiger partial charge in [-0.25, -0.2) is 9.37 Å². The zero-order valence-electron chi connectivity index (χ0n) is 15.0. The van der Waals surface area contributed by atoms with Crippen molar-refractivity contribution in [2.24, 2.45) is 11.8 Å². The first-order valence-corrected chi connectivity index (χ1v) is 8.98. The normalized spacial score (nSPS) is 24.1. The Kier molecular flexibility index (Phi) is 4.30. The maximum absolute atomic E-state index is 13.8. The number of fused-ring (bicyclic) bond motifs is 1. The zero-order valence-corrected chi connectivity index (χ0v) is 15.0. The van der Waals surface area contributed by atoms with E-state index in [0.29, 0.717) is 31.1 Å². The maximum Gasteiger partial charge on any atom is 0.272 e. The van der Waals surface area contributed by atoms with E-state index < -0.39 is 0 Å². The number of nitrogen functional groups attached to an aromatic ring is 1. The van der Waals surface area contributed by atoms with Crippen LogP contribution in [0.3, 0.4) is 0 Å². The predicted octanol–water partition coefficient (Wildman–Crippen LogP) is 2.09. The summed E-state index contributed by atoms with van der Waals surface area (Å²) in [5.41, 5.74) is 6.78. The molecule has 0 spiro atoms. The van der Waals surface area contributed by atoms with Crippen LogP contribution >= 0.6 is 0 Å². The molecule has 2 saturated heterocycles. The van der Waals surface area contributed by atoms with Crippen molar-refractivity contribution in [1.82, 2.24) is 14.8 Å². The topological polar surface area (TPSA) is 79.5 Å². The van der Waals surface area contributed by atoms with Gasteiger partial charge in [-0.05, 0) is 29.8 Å². The summed E-state index contributed by atoms with van der Waals surface area (Å²) in [4.78, 5) is 32.6. The van der Waals surface area contributed by atoms with E-state index in [1.165, 1.54) is 19.1 Å². The van der Waals surface area contributed by atoms with Gasteiger partial charge < -0.3 is 15.5 Å². The van der Waals surface area contributed by atoms with Crippen LogP contribution in [0.4, 0.5) is 10.2 Å². The molecule has 27 heavy (non-hydrogen) atoms. The van der Waals surface area contributed by atoms with Gasteiger partial charge in [0.1, 0.15) is 17.3 Å². The lowest BCUT2D eigenvalue weighted by Crippen LogP contribution is -2.36. The second-order valence-corrected chi connectivity index (χ2v) is 7.25. The van der Waals surface area contributed by atoms with Crippen molar-refractivity contribution in [3.8, 4) is 0 Å². The molecule has 1 aromatic heterocycles. The highest BCUT2D eigenvalue weighted by atomic mass is 19.1. The number of hydrogen-bond donors (Lipinski definition) is 1. The van der Waals surface area contributed by atoms with Crippen molar-refractivity contribution in [3.05, 3.63) is 59.5 Å². The van der Waals surface area contributed by atoms with Crippen molar-refractivity contribution < 1.29 is 14.0 Å². The Morgan fingerprint density at radius 2 is 1.93 bits per heavy atom. The summed E-state index contributed by atoms with van der Waals surface area (Å²) in [5, 5.41) is 0. The largest absolute Gasteiger partial charge is 0.384 e. The molecule has 140 valence electrons. The summed E-state index contributed by atoms with van der Waals surface area (Å²) < 4.78 is 13.8. The molecule has 0 aliphatic carbocycles. The summed E-state index contributed by atoms with van der Waals surface area (Å²) in [6, 6.07) is 11.1. The van der Waals surface area contributed by atoms with E-state index in [-0.39, 0.29) is 35.5 Å². The number of carbonyl (C=O) groups excluding carboxylic acids is 2. The predicted molar refractivity (Wildman–Crippen MR) is 98.1 cm³/mol. The highest BCUT2D eigenvalue weighted by Crippen LogP contribution is 2.45. The van der Waals surface area contributed by atoms with Gasteiger partial charge in [0.25, 0.3) is 5.91 Å². The number of hydrogen-bond acceptors (Lipinski definition) is 4. The van der Waals surface area contributed by atoms with Crippen LogP contribution < -0.4 is 5.73 Å². The minimum atomic E-state index is -0.325. The molecule has 0 radical (unpaired) electrons. The van der Waals surface area contributed by atoms with Gasteiger partial charge in [0.2, 0.25) is 5.91 Å². The quantitative estimate of drug-likeness (QED) is 0.880.